The number of ether oxygens (including phenoxy) is 1. The van der Waals surface area contributed by atoms with Gasteiger partial charge in [-0.2, -0.15) is 9.78 Å². The SMILES string of the molecule is COc1cc(CC(=O)Nc2ccnn2-c2cc(C)ccn2)ccc1C. The number of methoxy groups -OCH3 is 1. The largest absolute Gasteiger partial charge is 0.496 e. The fourth-order valence-corrected chi connectivity index (χ4v) is 2.56. The highest BCUT2D eigenvalue weighted by molar-refractivity contribution is 5.91. The maximum Gasteiger partial charge on any atom is 0.229 e. The predicted molar refractivity (Wildman–Crippen MR) is 96.2 cm³/mol. The summed E-state index contributed by atoms with van der Waals surface area (Å²) in [5.74, 6) is 1.90. The van der Waals surface area contributed by atoms with Crippen molar-refractivity contribution in [2.45, 2.75) is 20.3 Å². The van der Waals surface area contributed by atoms with Crippen LogP contribution in [0.15, 0.2) is 48.8 Å². The molecule has 0 unspecified atom stereocenters. The quantitative estimate of drug-likeness (QED) is 0.777. The van der Waals surface area contributed by atoms with Gasteiger partial charge < -0.3 is 10.1 Å². The van der Waals surface area contributed by atoms with Gasteiger partial charge in [-0.05, 0) is 48.7 Å². The van der Waals surface area contributed by atoms with Crippen LogP contribution in [0.4, 0.5) is 5.82 Å². The molecular weight excluding hydrogens is 316 g/mol. The van der Waals surface area contributed by atoms with Crippen molar-refractivity contribution >= 4 is 11.7 Å². The Bertz CT molecular complexity index is 902. The van der Waals surface area contributed by atoms with Crippen LogP contribution < -0.4 is 10.1 Å². The van der Waals surface area contributed by atoms with Gasteiger partial charge >= 0.3 is 0 Å². The fraction of sp³-hybridized carbons (Fsp3) is 0.211. The van der Waals surface area contributed by atoms with E-state index in [4.69, 9.17) is 4.74 Å². The van der Waals surface area contributed by atoms with Gasteiger partial charge in [0.05, 0.1) is 19.7 Å². The van der Waals surface area contributed by atoms with Gasteiger partial charge in [-0.25, -0.2) is 4.98 Å². The molecule has 0 atom stereocenters. The molecule has 0 aliphatic heterocycles. The molecule has 0 saturated carbocycles. The summed E-state index contributed by atoms with van der Waals surface area (Å²) in [7, 11) is 1.62. The van der Waals surface area contributed by atoms with Gasteiger partial charge in [0.25, 0.3) is 0 Å². The molecule has 3 rings (SSSR count). The molecule has 0 bridgehead atoms. The van der Waals surface area contributed by atoms with E-state index in [0.29, 0.717) is 11.6 Å². The zero-order valence-corrected chi connectivity index (χ0v) is 14.5. The summed E-state index contributed by atoms with van der Waals surface area (Å²) in [6, 6.07) is 11.3. The van der Waals surface area contributed by atoms with E-state index in [1.165, 1.54) is 0 Å². The normalized spacial score (nSPS) is 10.5. The number of hydrogen-bond donors (Lipinski definition) is 1. The monoisotopic (exact) mass is 336 g/mol. The van der Waals surface area contributed by atoms with Gasteiger partial charge in [0.1, 0.15) is 11.6 Å². The van der Waals surface area contributed by atoms with Gasteiger partial charge in [-0.3, -0.25) is 4.79 Å². The summed E-state index contributed by atoms with van der Waals surface area (Å²) in [6.45, 7) is 3.95. The summed E-state index contributed by atoms with van der Waals surface area (Å²) >= 11 is 0. The summed E-state index contributed by atoms with van der Waals surface area (Å²) in [4.78, 5) is 16.7. The van der Waals surface area contributed by atoms with Crippen molar-refractivity contribution < 1.29 is 9.53 Å². The van der Waals surface area contributed by atoms with Crippen LogP contribution in [-0.4, -0.2) is 27.8 Å². The number of aromatic nitrogens is 3. The first kappa shape index (κ1) is 16.7. The Morgan fingerprint density at radius 3 is 2.76 bits per heavy atom. The van der Waals surface area contributed by atoms with Crippen molar-refractivity contribution in [1.29, 1.82) is 0 Å². The Labute approximate surface area is 146 Å². The topological polar surface area (TPSA) is 69.0 Å². The molecule has 0 spiro atoms. The van der Waals surface area contributed by atoms with E-state index >= 15 is 0 Å². The number of carbonyl (C=O) groups is 1. The van der Waals surface area contributed by atoms with E-state index < -0.39 is 0 Å². The van der Waals surface area contributed by atoms with Crippen LogP contribution in [0.25, 0.3) is 5.82 Å². The lowest BCUT2D eigenvalue weighted by Gasteiger charge is -2.10. The number of aryl methyl sites for hydroxylation is 2. The fourth-order valence-electron chi connectivity index (χ4n) is 2.56. The standard InChI is InChI=1S/C19H20N4O2/c1-13-6-8-20-18(10-13)23-17(7-9-21-23)22-19(24)12-15-5-4-14(2)16(11-15)25-3/h4-11H,12H2,1-3H3,(H,22,24). The number of benzene rings is 1. The molecule has 0 aliphatic rings. The average molecular weight is 336 g/mol. The molecule has 0 aliphatic carbocycles. The van der Waals surface area contributed by atoms with Crippen molar-refractivity contribution in [3.63, 3.8) is 0 Å². The van der Waals surface area contributed by atoms with Gasteiger partial charge in [0.2, 0.25) is 5.91 Å². The highest BCUT2D eigenvalue weighted by Gasteiger charge is 2.11. The van der Waals surface area contributed by atoms with Crippen LogP contribution in [-0.2, 0) is 11.2 Å². The van der Waals surface area contributed by atoms with E-state index in [9.17, 15) is 4.79 Å². The molecular formula is C19H20N4O2. The smallest absolute Gasteiger partial charge is 0.229 e. The maximum atomic E-state index is 12.4. The first-order valence-corrected chi connectivity index (χ1v) is 7.97. The molecule has 3 aromatic rings. The number of carbonyl (C=O) groups excluding carboxylic acids is 1. The molecule has 2 aromatic heterocycles. The lowest BCUT2D eigenvalue weighted by molar-refractivity contribution is -0.115. The summed E-state index contributed by atoms with van der Waals surface area (Å²) in [6.07, 6.45) is 3.61. The summed E-state index contributed by atoms with van der Waals surface area (Å²) in [5.41, 5.74) is 3.00. The predicted octanol–water partition coefficient (Wildman–Crippen LogP) is 3.07. The average Bonchev–Trinajstić information content (AvgIpc) is 3.04. The Kier molecular flexibility index (Phi) is 4.79. The molecule has 6 heteroatoms. The number of rotatable bonds is 5. The van der Waals surface area contributed by atoms with Gasteiger partial charge in [-0.15, -0.1) is 0 Å². The third-order valence-corrected chi connectivity index (χ3v) is 3.87. The second-order valence-corrected chi connectivity index (χ2v) is 5.85. The molecule has 0 fully saturated rings. The Morgan fingerprint density at radius 1 is 1.16 bits per heavy atom. The number of anilines is 1. The highest BCUT2D eigenvalue weighted by Crippen LogP contribution is 2.20. The zero-order chi connectivity index (χ0) is 17.8. The molecule has 0 saturated heterocycles. The van der Waals surface area contributed by atoms with Gasteiger partial charge in [-0.1, -0.05) is 12.1 Å². The van der Waals surface area contributed by atoms with E-state index in [1.54, 1.807) is 30.3 Å². The Balaban J connectivity index is 1.75. The molecule has 6 nitrogen and oxygen atoms in total. The lowest BCUT2D eigenvalue weighted by atomic mass is 10.1. The highest BCUT2D eigenvalue weighted by atomic mass is 16.5. The molecule has 2 heterocycles. The number of nitrogens with one attached hydrogen (secondary N) is 1. The van der Waals surface area contributed by atoms with Crippen LogP contribution >= 0.6 is 0 Å². The van der Waals surface area contributed by atoms with Crippen molar-refractivity contribution in [1.82, 2.24) is 14.8 Å². The minimum absolute atomic E-state index is 0.125. The Hall–Kier alpha value is -3.15. The molecule has 0 radical (unpaired) electrons. The molecule has 128 valence electrons. The Morgan fingerprint density at radius 2 is 2.00 bits per heavy atom. The van der Waals surface area contributed by atoms with Gasteiger partial charge in [0.15, 0.2) is 5.82 Å². The van der Waals surface area contributed by atoms with Crippen molar-refractivity contribution in [3.05, 3.63) is 65.5 Å². The lowest BCUT2D eigenvalue weighted by Crippen LogP contribution is -2.17. The van der Waals surface area contributed by atoms with Crippen LogP contribution in [0.1, 0.15) is 16.7 Å². The second kappa shape index (κ2) is 7.17. The van der Waals surface area contributed by atoms with Crippen LogP contribution in [0.2, 0.25) is 0 Å². The van der Waals surface area contributed by atoms with Crippen molar-refractivity contribution in [3.8, 4) is 11.6 Å². The maximum absolute atomic E-state index is 12.4. The molecule has 1 aromatic carbocycles. The number of pyridine rings is 1. The number of amides is 1. The van der Waals surface area contributed by atoms with Crippen molar-refractivity contribution in [2.24, 2.45) is 0 Å². The zero-order valence-electron chi connectivity index (χ0n) is 14.5. The van der Waals surface area contributed by atoms with E-state index in [-0.39, 0.29) is 12.3 Å². The third kappa shape index (κ3) is 3.85. The minimum atomic E-state index is -0.125. The second-order valence-electron chi connectivity index (χ2n) is 5.85. The van der Waals surface area contributed by atoms with E-state index in [0.717, 1.165) is 22.4 Å². The summed E-state index contributed by atoms with van der Waals surface area (Å²) in [5, 5.41) is 7.14. The number of hydrogen-bond acceptors (Lipinski definition) is 4. The first-order valence-electron chi connectivity index (χ1n) is 7.97. The van der Waals surface area contributed by atoms with E-state index in [2.05, 4.69) is 15.4 Å². The molecule has 25 heavy (non-hydrogen) atoms. The number of nitrogens with zero attached hydrogens (tertiary/aromatic N) is 3. The minimum Gasteiger partial charge on any atom is -0.496 e. The van der Waals surface area contributed by atoms with E-state index in [1.807, 2.05) is 44.2 Å². The van der Waals surface area contributed by atoms with Crippen molar-refractivity contribution in [2.75, 3.05) is 12.4 Å². The molecule has 1 amide bonds. The first-order chi connectivity index (χ1) is 12.1. The summed E-state index contributed by atoms with van der Waals surface area (Å²) < 4.78 is 6.92. The van der Waals surface area contributed by atoms with Gasteiger partial charge in [0, 0.05) is 12.3 Å². The molecule has 1 N–H and O–H groups in total. The van der Waals surface area contributed by atoms with Crippen LogP contribution in [0.3, 0.4) is 0 Å². The van der Waals surface area contributed by atoms with Crippen LogP contribution in [0.5, 0.6) is 5.75 Å². The third-order valence-electron chi connectivity index (χ3n) is 3.87. The van der Waals surface area contributed by atoms with Crippen LogP contribution in [0, 0.1) is 13.8 Å².